The van der Waals surface area contributed by atoms with Gasteiger partial charge in [0.25, 0.3) is 0 Å². The van der Waals surface area contributed by atoms with Crippen LogP contribution in [0.15, 0.2) is 24.3 Å². The molecule has 0 bridgehead atoms. The standard InChI is InChI=1S/C21H31N5O2/c1-21(2,3)28-20(27)26-12-8-9-15(14-26)13-25(5)19-18(22-4)23-16-10-6-7-11-17(16)24-19/h6-7,10-11,15H,8-9,12-14H2,1-5H3,(H,22,23)/t15-/m0/s1. The Hall–Kier alpha value is -2.57. The minimum Gasteiger partial charge on any atom is -0.444 e. The molecule has 0 aliphatic carbocycles. The number of amides is 1. The zero-order chi connectivity index (χ0) is 20.3. The molecule has 1 aromatic heterocycles. The van der Waals surface area contributed by atoms with Crippen molar-refractivity contribution >= 4 is 28.8 Å². The summed E-state index contributed by atoms with van der Waals surface area (Å²) in [6, 6.07) is 7.88. The van der Waals surface area contributed by atoms with Gasteiger partial charge in [-0.1, -0.05) is 12.1 Å². The molecule has 0 saturated carbocycles. The van der Waals surface area contributed by atoms with Crippen molar-refractivity contribution in [1.82, 2.24) is 14.9 Å². The van der Waals surface area contributed by atoms with E-state index in [1.807, 2.05) is 64.0 Å². The first-order chi connectivity index (χ1) is 13.3. The maximum atomic E-state index is 12.4. The Balaban J connectivity index is 1.71. The zero-order valence-corrected chi connectivity index (χ0v) is 17.5. The summed E-state index contributed by atoms with van der Waals surface area (Å²) in [7, 11) is 3.90. The van der Waals surface area contributed by atoms with Crippen LogP contribution < -0.4 is 10.2 Å². The third kappa shape index (κ3) is 4.82. The van der Waals surface area contributed by atoms with Crippen LogP contribution >= 0.6 is 0 Å². The van der Waals surface area contributed by atoms with Gasteiger partial charge in [0.05, 0.1) is 11.0 Å². The van der Waals surface area contributed by atoms with E-state index in [-0.39, 0.29) is 6.09 Å². The van der Waals surface area contributed by atoms with E-state index in [0.29, 0.717) is 12.5 Å². The minimum atomic E-state index is -0.469. The fourth-order valence-corrected chi connectivity index (χ4v) is 3.60. The molecule has 1 amide bonds. The van der Waals surface area contributed by atoms with Crippen molar-refractivity contribution in [2.24, 2.45) is 5.92 Å². The third-order valence-electron chi connectivity index (χ3n) is 4.85. The number of nitrogens with one attached hydrogen (secondary N) is 1. The van der Waals surface area contributed by atoms with E-state index in [0.717, 1.165) is 48.6 Å². The molecule has 1 aromatic carbocycles. The Morgan fingerprint density at radius 1 is 1.29 bits per heavy atom. The summed E-state index contributed by atoms with van der Waals surface area (Å²) in [5.74, 6) is 1.96. The summed E-state index contributed by atoms with van der Waals surface area (Å²) in [5.41, 5.74) is 1.28. The number of para-hydroxylation sites is 2. The number of hydrogen-bond acceptors (Lipinski definition) is 6. The normalized spacial score (nSPS) is 17.5. The first kappa shape index (κ1) is 20.2. The van der Waals surface area contributed by atoms with Crippen LogP contribution in [-0.4, -0.2) is 60.3 Å². The lowest BCUT2D eigenvalue weighted by atomic mass is 9.98. The maximum Gasteiger partial charge on any atom is 0.410 e. The fourth-order valence-electron chi connectivity index (χ4n) is 3.60. The highest BCUT2D eigenvalue weighted by atomic mass is 16.6. The Morgan fingerprint density at radius 3 is 2.61 bits per heavy atom. The number of anilines is 2. The van der Waals surface area contributed by atoms with E-state index in [2.05, 4.69) is 10.2 Å². The Morgan fingerprint density at radius 2 is 1.96 bits per heavy atom. The van der Waals surface area contributed by atoms with Crippen LogP contribution in [0.3, 0.4) is 0 Å². The summed E-state index contributed by atoms with van der Waals surface area (Å²) < 4.78 is 5.54. The van der Waals surface area contributed by atoms with Crippen LogP contribution in [0.25, 0.3) is 11.0 Å². The van der Waals surface area contributed by atoms with Gasteiger partial charge in [0.2, 0.25) is 0 Å². The van der Waals surface area contributed by atoms with Crippen LogP contribution in [0.4, 0.5) is 16.4 Å². The first-order valence-electron chi connectivity index (χ1n) is 9.90. The van der Waals surface area contributed by atoms with Crippen molar-refractivity contribution in [3.8, 4) is 0 Å². The molecule has 1 aliphatic heterocycles. The monoisotopic (exact) mass is 385 g/mol. The van der Waals surface area contributed by atoms with Crippen LogP contribution in [0, 0.1) is 5.92 Å². The summed E-state index contributed by atoms with van der Waals surface area (Å²) in [6.45, 7) is 7.97. The van der Waals surface area contributed by atoms with E-state index in [9.17, 15) is 4.79 Å². The van der Waals surface area contributed by atoms with Crippen molar-refractivity contribution in [1.29, 1.82) is 0 Å². The highest BCUT2D eigenvalue weighted by molar-refractivity contribution is 5.80. The average molecular weight is 386 g/mol. The van der Waals surface area contributed by atoms with Crippen molar-refractivity contribution in [2.45, 2.75) is 39.2 Å². The van der Waals surface area contributed by atoms with E-state index in [4.69, 9.17) is 14.7 Å². The van der Waals surface area contributed by atoms with E-state index in [1.54, 1.807) is 0 Å². The molecule has 1 aliphatic rings. The van der Waals surface area contributed by atoms with Gasteiger partial charge in [-0.25, -0.2) is 14.8 Å². The van der Waals surface area contributed by atoms with Crippen LogP contribution in [0.1, 0.15) is 33.6 Å². The van der Waals surface area contributed by atoms with Crippen LogP contribution in [-0.2, 0) is 4.74 Å². The van der Waals surface area contributed by atoms with E-state index in [1.165, 1.54) is 0 Å². The third-order valence-corrected chi connectivity index (χ3v) is 4.85. The van der Waals surface area contributed by atoms with Gasteiger partial charge in [-0.05, 0) is 51.7 Å². The lowest BCUT2D eigenvalue weighted by Crippen LogP contribution is -2.45. The number of aromatic nitrogens is 2. The van der Waals surface area contributed by atoms with Gasteiger partial charge in [0.1, 0.15) is 5.60 Å². The summed E-state index contributed by atoms with van der Waals surface area (Å²) in [5, 5.41) is 3.16. The quantitative estimate of drug-likeness (QED) is 0.864. The number of benzene rings is 1. The average Bonchev–Trinajstić information content (AvgIpc) is 2.65. The molecule has 2 heterocycles. The molecule has 0 radical (unpaired) electrons. The molecule has 3 rings (SSSR count). The van der Waals surface area contributed by atoms with Crippen molar-refractivity contribution in [2.75, 3.05) is 43.9 Å². The van der Waals surface area contributed by atoms with E-state index < -0.39 is 5.60 Å². The van der Waals surface area contributed by atoms with Crippen LogP contribution in [0.5, 0.6) is 0 Å². The van der Waals surface area contributed by atoms with Crippen molar-refractivity contribution in [3.63, 3.8) is 0 Å². The van der Waals surface area contributed by atoms with Crippen LogP contribution in [0.2, 0.25) is 0 Å². The number of carbonyl (C=O) groups is 1. The smallest absolute Gasteiger partial charge is 0.410 e. The zero-order valence-electron chi connectivity index (χ0n) is 17.5. The first-order valence-corrected chi connectivity index (χ1v) is 9.90. The largest absolute Gasteiger partial charge is 0.444 e. The highest BCUT2D eigenvalue weighted by Crippen LogP contribution is 2.26. The Labute approximate surface area is 167 Å². The van der Waals surface area contributed by atoms with Crippen molar-refractivity contribution in [3.05, 3.63) is 24.3 Å². The molecule has 7 heteroatoms. The second-order valence-electron chi connectivity index (χ2n) is 8.45. The molecule has 0 spiro atoms. The van der Waals surface area contributed by atoms with Gasteiger partial charge in [-0.15, -0.1) is 0 Å². The topological polar surface area (TPSA) is 70.6 Å². The lowest BCUT2D eigenvalue weighted by Gasteiger charge is -2.36. The summed E-state index contributed by atoms with van der Waals surface area (Å²) >= 11 is 0. The number of rotatable bonds is 4. The molecule has 7 nitrogen and oxygen atoms in total. The number of piperidine rings is 1. The molecule has 152 valence electrons. The fraction of sp³-hybridized carbons (Fsp3) is 0.571. The number of hydrogen-bond donors (Lipinski definition) is 1. The molecule has 28 heavy (non-hydrogen) atoms. The van der Waals surface area contributed by atoms with Gasteiger partial charge in [0, 0.05) is 33.7 Å². The van der Waals surface area contributed by atoms with Gasteiger partial charge in [0.15, 0.2) is 11.6 Å². The summed E-state index contributed by atoms with van der Waals surface area (Å²) in [4.78, 5) is 25.9. The predicted molar refractivity (Wildman–Crippen MR) is 113 cm³/mol. The molecular formula is C21H31N5O2. The second-order valence-corrected chi connectivity index (χ2v) is 8.45. The Bertz CT molecular complexity index is 833. The molecule has 0 unspecified atom stereocenters. The summed E-state index contributed by atoms with van der Waals surface area (Å²) in [6.07, 6.45) is 1.85. The number of carbonyl (C=O) groups excluding carboxylic acids is 1. The highest BCUT2D eigenvalue weighted by Gasteiger charge is 2.28. The second kappa shape index (κ2) is 8.20. The molecule has 1 atom stereocenters. The Kier molecular flexibility index (Phi) is 5.91. The van der Waals surface area contributed by atoms with E-state index >= 15 is 0 Å². The molecule has 1 saturated heterocycles. The van der Waals surface area contributed by atoms with Crippen molar-refractivity contribution < 1.29 is 9.53 Å². The molecule has 2 aromatic rings. The maximum absolute atomic E-state index is 12.4. The molecule has 1 fully saturated rings. The predicted octanol–water partition coefficient (Wildman–Crippen LogP) is 3.75. The molecular weight excluding hydrogens is 354 g/mol. The molecule has 1 N–H and O–H groups in total. The van der Waals surface area contributed by atoms with Gasteiger partial charge < -0.3 is 19.9 Å². The lowest BCUT2D eigenvalue weighted by molar-refractivity contribution is 0.0170. The van der Waals surface area contributed by atoms with Gasteiger partial charge in [-0.2, -0.15) is 0 Å². The van der Waals surface area contributed by atoms with Gasteiger partial charge in [-0.3, -0.25) is 0 Å². The number of ether oxygens (including phenoxy) is 1. The minimum absolute atomic E-state index is 0.221. The SMILES string of the molecule is CNc1nc2ccccc2nc1N(C)C[C@@H]1CCCN(C(=O)OC(C)(C)C)C1. The number of fused-ring (bicyclic) bond motifs is 1. The number of likely N-dealkylation sites (tertiary alicyclic amines) is 1. The van der Waals surface area contributed by atoms with Gasteiger partial charge >= 0.3 is 6.09 Å². The number of nitrogens with zero attached hydrogens (tertiary/aromatic N) is 4.